The van der Waals surface area contributed by atoms with Gasteiger partial charge in [0.25, 0.3) is 5.91 Å². The van der Waals surface area contributed by atoms with Crippen LogP contribution in [0.25, 0.3) is 0 Å². The van der Waals surface area contributed by atoms with E-state index in [1.807, 2.05) is 13.1 Å². The molecule has 1 aromatic rings. The predicted molar refractivity (Wildman–Crippen MR) is 72.0 cm³/mol. The molecule has 0 aliphatic heterocycles. The number of hydrogen-bond donors (Lipinski definition) is 2. The smallest absolute Gasteiger partial charge is 0.260 e. The van der Waals surface area contributed by atoms with Gasteiger partial charge in [0.2, 0.25) is 0 Å². The van der Waals surface area contributed by atoms with E-state index in [9.17, 15) is 4.79 Å². The molecule has 0 bridgehead atoms. The number of pyridine rings is 1. The van der Waals surface area contributed by atoms with Gasteiger partial charge in [0.05, 0.1) is 18.5 Å². The first-order valence-electron chi connectivity index (χ1n) is 6.20. The molecule has 2 N–H and O–H groups in total. The minimum Gasteiger partial charge on any atom is -0.479 e. The average Bonchev–Trinajstić information content (AvgIpc) is 2.41. The molecule has 106 valence electrons. The number of hydrogen-bond acceptors (Lipinski definition) is 5. The second kappa shape index (κ2) is 8.44. The Balaban J connectivity index is 2.42. The molecule has 0 aromatic carbocycles. The summed E-state index contributed by atoms with van der Waals surface area (Å²) in [5, 5.41) is 5.73. The molecule has 6 heteroatoms. The van der Waals surface area contributed by atoms with Crippen LogP contribution in [0.5, 0.6) is 5.75 Å². The summed E-state index contributed by atoms with van der Waals surface area (Å²) in [4.78, 5) is 15.9. The fourth-order valence-electron chi connectivity index (χ4n) is 1.44. The van der Waals surface area contributed by atoms with Crippen molar-refractivity contribution in [3.05, 3.63) is 24.0 Å². The van der Waals surface area contributed by atoms with Crippen molar-refractivity contribution in [1.82, 2.24) is 15.6 Å². The highest BCUT2D eigenvalue weighted by atomic mass is 16.5. The molecule has 0 saturated heterocycles. The molecule has 0 saturated carbocycles. The van der Waals surface area contributed by atoms with Gasteiger partial charge in [-0.1, -0.05) is 0 Å². The van der Waals surface area contributed by atoms with E-state index in [-0.39, 0.29) is 5.91 Å². The van der Waals surface area contributed by atoms with Gasteiger partial charge in [-0.15, -0.1) is 0 Å². The van der Waals surface area contributed by atoms with Crippen LogP contribution in [-0.4, -0.2) is 44.3 Å². The lowest BCUT2D eigenvalue weighted by Gasteiger charge is -2.14. The third kappa shape index (κ3) is 5.67. The summed E-state index contributed by atoms with van der Waals surface area (Å²) in [7, 11) is 3.45. The molecule has 0 aliphatic carbocycles. The van der Waals surface area contributed by atoms with E-state index in [4.69, 9.17) is 9.47 Å². The van der Waals surface area contributed by atoms with Crippen molar-refractivity contribution in [2.24, 2.45) is 0 Å². The van der Waals surface area contributed by atoms with Crippen LogP contribution >= 0.6 is 0 Å². The molecule has 1 atom stereocenters. The molecule has 6 nitrogen and oxygen atoms in total. The quantitative estimate of drug-likeness (QED) is 0.664. The molecule has 1 amide bonds. The van der Waals surface area contributed by atoms with Gasteiger partial charge < -0.3 is 20.1 Å². The number of carbonyl (C=O) groups excluding carboxylic acids is 1. The Morgan fingerprint density at radius 2 is 2.26 bits per heavy atom. The van der Waals surface area contributed by atoms with E-state index in [2.05, 4.69) is 15.6 Å². The lowest BCUT2D eigenvalue weighted by Crippen LogP contribution is -2.37. The Hall–Kier alpha value is -1.66. The summed E-state index contributed by atoms with van der Waals surface area (Å²) >= 11 is 0. The normalized spacial score (nSPS) is 11.9. The van der Waals surface area contributed by atoms with Gasteiger partial charge in [0, 0.05) is 20.2 Å². The van der Waals surface area contributed by atoms with Crippen LogP contribution in [-0.2, 0) is 16.1 Å². The SMILES string of the molecule is CNCc1ccc(OC(C)C(=O)NCCOC)cn1. The van der Waals surface area contributed by atoms with E-state index < -0.39 is 6.10 Å². The van der Waals surface area contributed by atoms with Gasteiger partial charge in [-0.3, -0.25) is 9.78 Å². The molecular formula is C13H21N3O3. The van der Waals surface area contributed by atoms with Crippen molar-refractivity contribution in [2.75, 3.05) is 27.3 Å². The number of rotatable bonds is 8. The van der Waals surface area contributed by atoms with Gasteiger partial charge >= 0.3 is 0 Å². The molecule has 1 rings (SSSR count). The van der Waals surface area contributed by atoms with Crippen LogP contribution in [0.3, 0.4) is 0 Å². The predicted octanol–water partition coefficient (Wildman–Crippen LogP) is 0.331. The Kier molecular flexibility index (Phi) is 6.84. The minimum absolute atomic E-state index is 0.170. The third-order valence-corrected chi connectivity index (χ3v) is 2.44. The van der Waals surface area contributed by atoms with Crippen LogP contribution < -0.4 is 15.4 Å². The summed E-state index contributed by atoms with van der Waals surface area (Å²) in [6.45, 7) is 3.36. The highest BCUT2D eigenvalue weighted by Crippen LogP contribution is 2.11. The van der Waals surface area contributed by atoms with Crippen molar-refractivity contribution < 1.29 is 14.3 Å². The molecule has 0 radical (unpaired) electrons. The summed E-state index contributed by atoms with van der Waals surface area (Å²) in [6.07, 6.45) is 1.06. The number of nitrogens with zero attached hydrogens (tertiary/aromatic N) is 1. The van der Waals surface area contributed by atoms with Gasteiger partial charge in [0.15, 0.2) is 6.10 Å². The highest BCUT2D eigenvalue weighted by molar-refractivity contribution is 5.80. The fourth-order valence-corrected chi connectivity index (χ4v) is 1.44. The number of aromatic nitrogens is 1. The molecule has 0 aliphatic rings. The van der Waals surface area contributed by atoms with Crippen molar-refractivity contribution in [3.8, 4) is 5.75 Å². The number of ether oxygens (including phenoxy) is 2. The zero-order valence-corrected chi connectivity index (χ0v) is 11.6. The molecule has 1 heterocycles. The van der Waals surface area contributed by atoms with Crippen LogP contribution in [0.1, 0.15) is 12.6 Å². The first-order chi connectivity index (χ1) is 9.17. The standard InChI is InChI=1S/C13H21N3O3/c1-10(13(17)15-6-7-18-3)19-12-5-4-11(8-14-2)16-9-12/h4-5,9-10,14H,6-8H2,1-3H3,(H,15,17). The van der Waals surface area contributed by atoms with E-state index in [1.165, 1.54) is 0 Å². The van der Waals surface area contributed by atoms with Crippen molar-refractivity contribution in [1.29, 1.82) is 0 Å². The maximum absolute atomic E-state index is 11.7. The monoisotopic (exact) mass is 267 g/mol. The first kappa shape index (κ1) is 15.4. The van der Waals surface area contributed by atoms with E-state index in [1.54, 1.807) is 26.3 Å². The topological polar surface area (TPSA) is 72.5 Å². The zero-order valence-electron chi connectivity index (χ0n) is 11.6. The summed E-state index contributed by atoms with van der Waals surface area (Å²) in [5.41, 5.74) is 0.923. The van der Waals surface area contributed by atoms with Gasteiger partial charge in [-0.2, -0.15) is 0 Å². The maximum atomic E-state index is 11.7. The molecule has 1 unspecified atom stereocenters. The van der Waals surface area contributed by atoms with Crippen molar-refractivity contribution >= 4 is 5.91 Å². The largest absolute Gasteiger partial charge is 0.479 e. The van der Waals surface area contributed by atoms with Crippen LogP contribution in [0, 0.1) is 0 Å². The van der Waals surface area contributed by atoms with Crippen LogP contribution in [0.4, 0.5) is 0 Å². The van der Waals surface area contributed by atoms with Gasteiger partial charge in [-0.05, 0) is 26.1 Å². The molecular weight excluding hydrogens is 246 g/mol. The lowest BCUT2D eigenvalue weighted by molar-refractivity contribution is -0.127. The van der Waals surface area contributed by atoms with Crippen molar-refractivity contribution in [3.63, 3.8) is 0 Å². The molecule has 0 fully saturated rings. The second-order valence-electron chi connectivity index (χ2n) is 4.06. The van der Waals surface area contributed by atoms with Crippen LogP contribution in [0.2, 0.25) is 0 Å². The van der Waals surface area contributed by atoms with Crippen LogP contribution in [0.15, 0.2) is 18.3 Å². The van der Waals surface area contributed by atoms with E-state index in [0.29, 0.717) is 25.4 Å². The first-order valence-corrected chi connectivity index (χ1v) is 6.20. The Labute approximate surface area is 113 Å². The summed E-state index contributed by atoms with van der Waals surface area (Å²) in [5.74, 6) is 0.408. The third-order valence-electron chi connectivity index (χ3n) is 2.44. The Morgan fingerprint density at radius 1 is 1.47 bits per heavy atom. The minimum atomic E-state index is -0.561. The maximum Gasteiger partial charge on any atom is 0.260 e. The summed E-state index contributed by atoms with van der Waals surface area (Å²) < 4.78 is 10.4. The lowest BCUT2D eigenvalue weighted by atomic mass is 10.3. The number of carbonyl (C=O) groups is 1. The molecule has 19 heavy (non-hydrogen) atoms. The highest BCUT2D eigenvalue weighted by Gasteiger charge is 2.13. The number of nitrogens with one attached hydrogen (secondary N) is 2. The Morgan fingerprint density at radius 3 is 2.84 bits per heavy atom. The van der Waals surface area contributed by atoms with E-state index >= 15 is 0 Å². The Bertz CT molecular complexity index is 381. The second-order valence-corrected chi connectivity index (χ2v) is 4.06. The average molecular weight is 267 g/mol. The van der Waals surface area contributed by atoms with Gasteiger partial charge in [0.1, 0.15) is 5.75 Å². The zero-order chi connectivity index (χ0) is 14.1. The molecule has 0 spiro atoms. The van der Waals surface area contributed by atoms with Crippen molar-refractivity contribution in [2.45, 2.75) is 19.6 Å². The number of amides is 1. The van der Waals surface area contributed by atoms with E-state index in [0.717, 1.165) is 5.69 Å². The molecule has 1 aromatic heterocycles. The fraction of sp³-hybridized carbons (Fsp3) is 0.538. The summed E-state index contributed by atoms with van der Waals surface area (Å²) in [6, 6.07) is 3.67. The number of methoxy groups -OCH3 is 1. The van der Waals surface area contributed by atoms with Gasteiger partial charge in [-0.25, -0.2) is 0 Å².